The molecule has 0 saturated heterocycles. The lowest BCUT2D eigenvalue weighted by atomic mass is 9.83. The van der Waals surface area contributed by atoms with Gasteiger partial charge in [0.25, 0.3) is 0 Å². The molecular weight excluding hydrogens is 272 g/mol. The van der Waals surface area contributed by atoms with Crippen molar-refractivity contribution >= 4 is 11.9 Å². The van der Waals surface area contributed by atoms with Crippen LogP contribution in [0.1, 0.15) is 44.6 Å². The Morgan fingerprint density at radius 1 is 1.10 bits per heavy atom. The van der Waals surface area contributed by atoms with Crippen molar-refractivity contribution in [3.8, 4) is 0 Å². The van der Waals surface area contributed by atoms with Crippen LogP contribution in [-0.4, -0.2) is 27.8 Å². The molecule has 0 radical (unpaired) electrons. The molecule has 0 aromatic heterocycles. The fourth-order valence-corrected chi connectivity index (χ4v) is 2.86. The second-order valence-electron chi connectivity index (χ2n) is 5.67. The monoisotopic (exact) mass is 292 g/mol. The summed E-state index contributed by atoms with van der Waals surface area (Å²) in [6.45, 7) is 1.42. The van der Waals surface area contributed by atoms with Gasteiger partial charge < -0.3 is 14.9 Å². The van der Waals surface area contributed by atoms with Gasteiger partial charge in [0.1, 0.15) is 0 Å². The quantitative estimate of drug-likeness (QED) is 0.871. The smallest absolute Gasteiger partial charge is 0.340 e. The summed E-state index contributed by atoms with van der Waals surface area (Å²) in [4.78, 5) is 23.4. The van der Waals surface area contributed by atoms with Crippen molar-refractivity contribution in [2.75, 3.05) is 0 Å². The highest BCUT2D eigenvalue weighted by atomic mass is 16.6. The van der Waals surface area contributed by atoms with Crippen molar-refractivity contribution in [1.29, 1.82) is 0 Å². The van der Waals surface area contributed by atoms with Gasteiger partial charge in [-0.1, -0.05) is 36.8 Å². The number of ether oxygens (including phenoxy) is 1. The maximum atomic E-state index is 11.7. The van der Waals surface area contributed by atoms with Gasteiger partial charge >= 0.3 is 11.9 Å². The fourth-order valence-electron chi connectivity index (χ4n) is 2.86. The maximum absolute atomic E-state index is 11.7. The van der Waals surface area contributed by atoms with Crippen LogP contribution >= 0.6 is 0 Å². The molecule has 0 spiro atoms. The van der Waals surface area contributed by atoms with Crippen LogP contribution < -0.4 is 0 Å². The summed E-state index contributed by atoms with van der Waals surface area (Å²) in [5.41, 5.74) is -2.64. The van der Waals surface area contributed by atoms with Crippen molar-refractivity contribution in [2.24, 2.45) is 0 Å². The van der Waals surface area contributed by atoms with Gasteiger partial charge in [0.15, 0.2) is 11.2 Å². The highest BCUT2D eigenvalue weighted by Crippen LogP contribution is 2.39. The predicted molar refractivity (Wildman–Crippen MR) is 76.0 cm³/mol. The van der Waals surface area contributed by atoms with Crippen LogP contribution in [0.25, 0.3) is 0 Å². The molecule has 0 unspecified atom stereocenters. The van der Waals surface area contributed by atoms with E-state index >= 15 is 0 Å². The first-order chi connectivity index (χ1) is 9.91. The maximum Gasteiger partial charge on any atom is 0.340 e. The minimum absolute atomic E-state index is 0.345. The lowest BCUT2D eigenvalue weighted by Crippen LogP contribution is -2.51. The van der Waals surface area contributed by atoms with Crippen molar-refractivity contribution in [1.82, 2.24) is 0 Å². The fraction of sp³-hybridized carbons (Fsp3) is 0.500. The Labute approximate surface area is 123 Å². The molecule has 114 valence electrons. The van der Waals surface area contributed by atoms with Gasteiger partial charge in [-0.3, -0.25) is 0 Å². The zero-order valence-corrected chi connectivity index (χ0v) is 12.0. The van der Waals surface area contributed by atoms with Crippen LogP contribution in [0.5, 0.6) is 0 Å². The van der Waals surface area contributed by atoms with E-state index in [4.69, 9.17) is 4.74 Å². The van der Waals surface area contributed by atoms with Gasteiger partial charge in [-0.15, -0.1) is 0 Å². The third-order valence-corrected chi connectivity index (χ3v) is 4.18. The van der Waals surface area contributed by atoms with E-state index in [9.17, 15) is 19.8 Å². The first-order valence-electron chi connectivity index (χ1n) is 7.13. The Morgan fingerprint density at radius 2 is 1.67 bits per heavy atom. The zero-order valence-electron chi connectivity index (χ0n) is 12.0. The summed E-state index contributed by atoms with van der Waals surface area (Å²) in [5.74, 6) is -2.26. The first-order valence-corrected chi connectivity index (χ1v) is 7.13. The minimum atomic E-state index is -1.67. The molecule has 1 aromatic rings. The number of hydrogen-bond donors (Lipinski definition) is 2. The summed E-state index contributed by atoms with van der Waals surface area (Å²) in [6, 6.07) is 8.50. The number of carbonyl (C=O) groups is 2. The Balaban J connectivity index is 2.39. The molecular formula is C16H20O5. The van der Waals surface area contributed by atoms with E-state index in [0.717, 1.165) is 19.3 Å². The second kappa shape index (κ2) is 5.85. The first kappa shape index (κ1) is 15.5. The van der Waals surface area contributed by atoms with E-state index in [0.29, 0.717) is 18.4 Å². The number of benzene rings is 1. The Bertz CT molecular complexity index is 519. The van der Waals surface area contributed by atoms with Gasteiger partial charge in [-0.05, 0) is 38.2 Å². The standard InChI is InChI=1S/C16H20O5/c1-15(13(17)18,12-8-4-2-5-9-12)21-16(14(19)20)10-6-3-7-11-16/h2,4-5,8-9H,3,6-7,10-11H2,1H3,(H,17,18)(H,19,20)/t15-/m1/s1. The summed E-state index contributed by atoms with van der Waals surface area (Å²) in [6.07, 6.45) is 3.11. The summed E-state index contributed by atoms with van der Waals surface area (Å²) in [7, 11) is 0. The molecule has 1 saturated carbocycles. The van der Waals surface area contributed by atoms with E-state index in [1.165, 1.54) is 6.92 Å². The summed E-state index contributed by atoms with van der Waals surface area (Å²) < 4.78 is 5.78. The molecule has 5 nitrogen and oxygen atoms in total. The molecule has 1 atom stereocenters. The predicted octanol–water partition coefficient (Wildman–Crippen LogP) is 2.79. The number of rotatable bonds is 5. The third-order valence-electron chi connectivity index (χ3n) is 4.18. The van der Waals surface area contributed by atoms with E-state index in [2.05, 4.69) is 0 Å². The molecule has 0 amide bonds. The molecule has 0 aliphatic heterocycles. The SMILES string of the molecule is C[C@](OC1(C(=O)O)CCCCC1)(C(=O)O)c1ccccc1. The van der Waals surface area contributed by atoms with E-state index in [-0.39, 0.29) is 0 Å². The molecule has 2 N–H and O–H groups in total. The average molecular weight is 292 g/mol. The molecule has 2 rings (SSSR count). The third kappa shape index (κ3) is 2.93. The molecule has 21 heavy (non-hydrogen) atoms. The van der Waals surface area contributed by atoms with E-state index in [1.54, 1.807) is 30.3 Å². The largest absolute Gasteiger partial charge is 0.479 e. The highest BCUT2D eigenvalue weighted by Gasteiger charge is 2.50. The molecule has 1 fully saturated rings. The average Bonchev–Trinajstić information content (AvgIpc) is 2.48. The van der Waals surface area contributed by atoms with Crippen molar-refractivity contribution in [3.63, 3.8) is 0 Å². The number of aliphatic carboxylic acids is 2. The van der Waals surface area contributed by atoms with Crippen LogP contribution in [0.15, 0.2) is 30.3 Å². The van der Waals surface area contributed by atoms with Gasteiger partial charge in [0, 0.05) is 0 Å². The van der Waals surface area contributed by atoms with Crippen molar-refractivity contribution < 1.29 is 24.5 Å². The Morgan fingerprint density at radius 3 is 2.14 bits per heavy atom. The Hall–Kier alpha value is -1.88. The molecule has 0 heterocycles. The van der Waals surface area contributed by atoms with Crippen molar-refractivity contribution in [2.45, 2.75) is 50.2 Å². The van der Waals surface area contributed by atoms with Crippen LogP contribution in [0, 0.1) is 0 Å². The van der Waals surface area contributed by atoms with Crippen LogP contribution in [-0.2, 0) is 19.9 Å². The van der Waals surface area contributed by atoms with Crippen LogP contribution in [0.3, 0.4) is 0 Å². The highest BCUT2D eigenvalue weighted by molar-refractivity contribution is 5.82. The summed E-state index contributed by atoms with van der Waals surface area (Å²) >= 11 is 0. The lowest BCUT2D eigenvalue weighted by Gasteiger charge is -2.39. The van der Waals surface area contributed by atoms with Gasteiger partial charge in [0.2, 0.25) is 0 Å². The minimum Gasteiger partial charge on any atom is -0.479 e. The lowest BCUT2D eigenvalue weighted by molar-refractivity contribution is -0.210. The summed E-state index contributed by atoms with van der Waals surface area (Å²) in [5, 5.41) is 19.2. The second-order valence-corrected chi connectivity index (χ2v) is 5.67. The normalized spacial score (nSPS) is 20.4. The van der Waals surface area contributed by atoms with Crippen LogP contribution in [0.4, 0.5) is 0 Å². The molecule has 1 aliphatic carbocycles. The number of hydrogen-bond acceptors (Lipinski definition) is 3. The van der Waals surface area contributed by atoms with Gasteiger partial charge in [-0.25, -0.2) is 9.59 Å². The molecule has 5 heteroatoms. The van der Waals surface area contributed by atoms with E-state index < -0.39 is 23.1 Å². The zero-order chi connectivity index (χ0) is 15.5. The Kier molecular flexibility index (Phi) is 4.32. The van der Waals surface area contributed by atoms with Crippen LogP contribution in [0.2, 0.25) is 0 Å². The topological polar surface area (TPSA) is 83.8 Å². The molecule has 1 aromatic carbocycles. The van der Waals surface area contributed by atoms with Crippen molar-refractivity contribution in [3.05, 3.63) is 35.9 Å². The number of carboxylic acid groups (broad SMARTS) is 2. The van der Waals surface area contributed by atoms with Gasteiger partial charge in [0.05, 0.1) is 0 Å². The number of carboxylic acids is 2. The molecule has 0 bridgehead atoms. The molecule has 1 aliphatic rings. The van der Waals surface area contributed by atoms with Gasteiger partial charge in [-0.2, -0.15) is 0 Å². The van der Waals surface area contributed by atoms with E-state index in [1.807, 2.05) is 0 Å².